The molecule has 0 atom stereocenters. The molecule has 1 heterocycles. The maximum atomic E-state index is 11.5. The fourth-order valence-electron chi connectivity index (χ4n) is 2.22. The minimum atomic E-state index is -0.0366. The molecule has 2 N–H and O–H groups in total. The van der Waals surface area contributed by atoms with Gasteiger partial charge in [-0.15, -0.1) is 0 Å². The first-order chi connectivity index (χ1) is 8.20. The van der Waals surface area contributed by atoms with Crippen molar-refractivity contribution in [2.24, 2.45) is 12.8 Å². The molecule has 0 unspecified atom stereocenters. The second kappa shape index (κ2) is 3.67. The van der Waals surface area contributed by atoms with Gasteiger partial charge in [-0.05, 0) is 31.0 Å². The van der Waals surface area contributed by atoms with Gasteiger partial charge in [-0.25, -0.2) is 4.98 Å². The topological polar surface area (TPSA) is 60.9 Å². The monoisotopic (exact) mass is 229 g/mol. The first-order valence-electron chi connectivity index (χ1n) is 5.90. The lowest BCUT2D eigenvalue weighted by Gasteiger charge is -2.00. The molecule has 2 aromatic rings. The molecular formula is C13H15N3O. The summed E-state index contributed by atoms with van der Waals surface area (Å²) >= 11 is 0. The summed E-state index contributed by atoms with van der Waals surface area (Å²) in [6.07, 6.45) is 2.46. The maximum Gasteiger partial charge on any atom is 0.176 e. The molecule has 1 aromatic heterocycles. The Balaban J connectivity index is 2.13. The van der Waals surface area contributed by atoms with E-state index in [4.69, 9.17) is 5.73 Å². The van der Waals surface area contributed by atoms with Crippen LogP contribution in [0.2, 0.25) is 0 Å². The Hall–Kier alpha value is -1.68. The van der Waals surface area contributed by atoms with E-state index >= 15 is 0 Å². The number of carbonyl (C=O) groups excluding carboxylic acids is 1. The maximum absolute atomic E-state index is 11.5. The van der Waals surface area contributed by atoms with Gasteiger partial charge in [0.15, 0.2) is 5.78 Å². The van der Waals surface area contributed by atoms with E-state index in [0.717, 1.165) is 16.9 Å². The fraction of sp³-hybridized carbons (Fsp3) is 0.385. The molecule has 0 spiro atoms. The summed E-state index contributed by atoms with van der Waals surface area (Å²) < 4.78 is 2.13. The molecule has 4 heteroatoms. The molecule has 4 nitrogen and oxygen atoms in total. The number of nitrogens with zero attached hydrogens (tertiary/aromatic N) is 2. The Morgan fingerprint density at radius 3 is 2.94 bits per heavy atom. The van der Waals surface area contributed by atoms with Crippen LogP contribution in [-0.4, -0.2) is 21.9 Å². The quantitative estimate of drug-likeness (QED) is 0.813. The Kier molecular flexibility index (Phi) is 2.26. The SMILES string of the molecule is Cn1c(C2CC2)nc2cc(C(=O)CN)ccc21. The van der Waals surface area contributed by atoms with Crippen molar-refractivity contribution in [3.05, 3.63) is 29.6 Å². The Morgan fingerprint density at radius 2 is 2.29 bits per heavy atom. The van der Waals surface area contributed by atoms with E-state index in [-0.39, 0.29) is 12.3 Å². The number of Topliss-reactive ketones (excluding diaryl/α,β-unsaturated/α-hetero) is 1. The van der Waals surface area contributed by atoms with Crippen molar-refractivity contribution in [3.8, 4) is 0 Å². The first-order valence-corrected chi connectivity index (χ1v) is 5.90. The van der Waals surface area contributed by atoms with Crippen molar-refractivity contribution in [1.29, 1.82) is 0 Å². The van der Waals surface area contributed by atoms with Gasteiger partial charge in [-0.1, -0.05) is 0 Å². The average Bonchev–Trinajstić information content (AvgIpc) is 3.14. The molecule has 1 aliphatic rings. The van der Waals surface area contributed by atoms with E-state index in [9.17, 15) is 4.79 Å². The highest BCUT2D eigenvalue weighted by Crippen LogP contribution is 2.40. The third-order valence-electron chi connectivity index (χ3n) is 3.37. The third kappa shape index (κ3) is 1.65. The molecule has 3 rings (SSSR count). The molecule has 1 fully saturated rings. The van der Waals surface area contributed by atoms with E-state index in [1.807, 2.05) is 25.2 Å². The summed E-state index contributed by atoms with van der Waals surface area (Å²) in [6, 6.07) is 5.63. The number of aromatic nitrogens is 2. The molecule has 88 valence electrons. The Bertz CT molecular complexity index is 596. The number of rotatable bonds is 3. The van der Waals surface area contributed by atoms with E-state index in [2.05, 4.69) is 9.55 Å². The molecule has 1 aromatic carbocycles. The largest absolute Gasteiger partial charge is 0.331 e. The third-order valence-corrected chi connectivity index (χ3v) is 3.37. The van der Waals surface area contributed by atoms with Crippen LogP contribution < -0.4 is 5.73 Å². The van der Waals surface area contributed by atoms with Crippen molar-refractivity contribution in [2.75, 3.05) is 6.54 Å². The van der Waals surface area contributed by atoms with Crippen molar-refractivity contribution in [2.45, 2.75) is 18.8 Å². The van der Waals surface area contributed by atoms with Gasteiger partial charge in [-0.2, -0.15) is 0 Å². The summed E-state index contributed by atoms with van der Waals surface area (Å²) in [7, 11) is 2.04. The molecule has 0 amide bonds. The number of aryl methyl sites for hydroxylation is 1. The van der Waals surface area contributed by atoms with Crippen LogP contribution in [0.15, 0.2) is 18.2 Å². The van der Waals surface area contributed by atoms with E-state index in [1.165, 1.54) is 12.8 Å². The smallest absolute Gasteiger partial charge is 0.176 e. The second-order valence-electron chi connectivity index (χ2n) is 4.63. The predicted octanol–water partition coefficient (Wildman–Crippen LogP) is 1.59. The Morgan fingerprint density at radius 1 is 1.53 bits per heavy atom. The molecular weight excluding hydrogens is 214 g/mol. The normalized spacial score (nSPS) is 15.4. The minimum absolute atomic E-state index is 0.0366. The molecule has 0 aliphatic heterocycles. The number of carbonyl (C=O) groups is 1. The summed E-state index contributed by atoms with van der Waals surface area (Å²) in [4.78, 5) is 16.2. The van der Waals surface area contributed by atoms with Crippen molar-refractivity contribution >= 4 is 16.8 Å². The van der Waals surface area contributed by atoms with Crippen LogP contribution in [0.3, 0.4) is 0 Å². The van der Waals surface area contributed by atoms with Gasteiger partial charge in [0, 0.05) is 18.5 Å². The van der Waals surface area contributed by atoms with Crippen LogP contribution in [-0.2, 0) is 7.05 Å². The predicted molar refractivity (Wildman–Crippen MR) is 66.1 cm³/mol. The van der Waals surface area contributed by atoms with E-state index < -0.39 is 0 Å². The number of hydrogen-bond donors (Lipinski definition) is 1. The molecule has 0 saturated heterocycles. The number of ketones is 1. The van der Waals surface area contributed by atoms with Crippen LogP contribution in [0.25, 0.3) is 11.0 Å². The molecule has 1 aliphatic carbocycles. The van der Waals surface area contributed by atoms with Gasteiger partial charge in [0.25, 0.3) is 0 Å². The minimum Gasteiger partial charge on any atom is -0.331 e. The summed E-state index contributed by atoms with van der Waals surface area (Å²) in [5, 5.41) is 0. The van der Waals surface area contributed by atoms with Crippen LogP contribution >= 0.6 is 0 Å². The summed E-state index contributed by atoms with van der Waals surface area (Å²) in [5.41, 5.74) is 8.00. The highest BCUT2D eigenvalue weighted by Gasteiger charge is 2.28. The highest BCUT2D eigenvalue weighted by molar-refractivity contribution is 6.00. The molecule has 1 saturated carbocycles. The van der Waals surface area contributed by atoms with E-state index in [0.29, 0.717) is 11.5 Å². The van der Waals surface area contributed by atoms with E-state index in [1.54, 1.807) is 0 Å². The fourth-order valence-corrected chi connectivity index (χ4v) is 2.22. The van der Waals surface area contributed by atoms with Gasteiger partial charge in [0.2, 0.25) is 0 Å². The lowest BCUT2D eigenvalue weighted by atomic mass is 10.1. The number of benzene rings is 1. The number of fused-ring (bicyclic) bond motifs is 1. The highest BCUT2D eigenvalue weighted by atomic mass is 16.1. The van der Waals surface area contributed by atoms with Gasteiger partial charge < -0.3 is 10.3 Å². The van der Waals surface area contributed by atoms with Crippen LogP contribution in [0.1, 0.15) is 34.9 Å². The second-order valence-corrected chi connectivity index (χ2v) is 4.63. The lowest BCUT2D eigenvalue weighted by Crippen LogP contribution is -2.13. The first kappa shape index (κ1) is 10.5. The summed E-state index contributed by atoms with van der Waals surface area (Å²) in [6.45, 7) is 0.0494. The zero-order chi connectivity index (χ0) is 12.0. The molecule has 0 bridgehead atoms. The van der Waals surface area contributed by atoms with Gasteiger partial charge in [0.1, 0.15) is 5.82 Å². The standard InChI is InChI=1S/C13H15N3O/c1-16-11-5-4-9(12(17)7-14)6-10(11)15-13(16)8-2-3-8/h4-6,8H,2-3,7,14H2,1H3. The van der Waals surface area contributed by atoms with Gasteiger partial charge >= 0.3 is 0 Å². The molecule has 0 radical (unpaired) electrons. The van der Waals surface area contributed by atoms with Crippen molar-refractivity contribution < 1.29 is 4.79 Å². The zero-order valence-corrected chi connectivity index (χ0v) is 9.81. The summed E-state index contributed by atoms with van der Waals surface area (Å²) in [5.74, 6) is 1.71. The Labute approximate surface area is 99.4 Å². The van der Waals surface area contributed by atoms with Crippen LogP contribution in [0.4, 0.5) is 0 Å². The lowest BCUT2D eigenvalue weighted by molar-refractivity contribution is 0.100. The average molecular weight is 229 g/mol. The number of nitrogens with two attached hydrogens (primary N) is 1. The number of imidazole rings is 1. The van der Waals surface area contributed by atoms with Crippen LogP contribution in [0.5, 0.6) is 0 Å². The van der Waals surface area contributed by atoms with Gasteiger partial charge in [-0.3, -0.25) is 4.79 Å². The van der Waals surface area contributed by atoms with Crippen molar-refractivity contribution in [3.63, 3.8) is 0 Å². The van der Waals surface area contributed by atoms with Crippen molar-refractivity contribution in [1.82, 2.24) is 9.55 Å². The van der Waals surface area contributed by atoms with Gasteiger partial charge in [0.05, 0.1) is 17.6 Å². The molecule has 17 heavy (non-hydrogen) atoms. The van der Waals surface area contributed by atoms with Crippen LogP contribution in [0, 0.1) is 0 Å². The zero-order valence-electron chi connectivity index (χ0n) is 9.81. The number of hydrogen-bond acceptors (Lipinski definition) is 3.